The van der Waals surface area contributed by atoms with Gasteiger partial charge in [0.1, 0.15) is 5.75 Å². The molecule has 0 spiro atoms. The third kappa shape index (κ3) is 3.92. The number of aryl methyl sites for hydroxylation is 1. The summed E-state index contributed by atoms with van der Waals surface area (Å²) in [7, 11) is 0. The van der Waals surface area contributed by atoms with Gasteiger partial charge in [-0.3, -0.25) is 9.48 Å². The van der Waals surface area contributed by atoms with Crippen LogP contribution >= 0.6 is 11.6 Å². The average molecular weight is 423 g/mol. The van der Waals surface area contributed by atoms with Crippen molar-refractivity contribution in [2.24, 2.45) is 0 Å². The average Bonchev–Trinajstić information content (AvgIpc) is 3.31. The second-order valence-electron chi connectivity index (χ2n) is 6.88. The first kappa shape index (κ1) is 19.7. The van der Waals surface area contributed by atoms with Crippen LogP contribution in [0.15, 0.2) is 59.1 Å². The van der Waals surface area contributed by atoms with Crippen molar-refractivity contribution in [1.29, 1.82) is 0 Å². The molecule has 0 aliphatic carbocycles. The molecule has 2 aromatic carbocycles. The molecule has 4 aromatic rings. The maximum absolute atomic E-state index is 12.7. The molecular formula is C22H19ClN4O3. The Morgan fingerprint density at radius 1 is 1.17 bits per heavy atom. The number of benzene rings is 2. The number of amides is 1. The molecule has 152 valence electrons. The quantitative estimate of drug-likeness (QED) is 0.481. The molecule has 0 unspecified atom stereocenters. The van der Waals surface area contributed by atoms with Crippen LogP contribution < -0.4 is 5.32 Å². The number of halogens is 1. The Morgan fingerprint density at radius 2 is 1.97 bits per heavy atom. The van der Waals surface area contributed by atoms with Gasteiger partial charge in [0, 0.05) is 16.7 Å². The monoisotopic (exact) mass is 422 g/mol. The van der Waals surface area contributed by atoms with Crippen LogP contribution in [-0.2, 0) is 6.54 Å². The molecule has 0 saturated heterocycles. The van der Waals surface area contributed by atoms with Gasteiger partial charge in [-0.05, 0) is 37.6 Å². The number of phenols is 1. The molecule has 0 bridgehead atoms. The molecule has 2 heterocycles. The standard InChI is InChI=1S/C22H19ClN4O3/c1-13-21(14(2)27(25-13)12-16-6-3-4-9-18(16)23)24-22(29)19-11-20(30-26-19)15-7-5-8-17(28)10-15/h3-11,28H,12H2,1-2H3,(H,24,29). The second-order valence-corrected chi connectivity index (χ2v) is 7.28. The van der Waals surface area contributed by atoms with Gasteiger partial charge in [-0.1, -0.05) is 47.1 Å². The van der Waals surface area contributed by atoms with Crippen molar-refractivity contribution in [2.75, 3.05) is 5.32 Å². The van der Waals surface area contributed by atoms with E-state index in [1.165, 1.54) is 12.1 Å². The van der Waals surface area contributed by atoms with Crippen LogP contribution in [0.3, 0.4) is 0 Å². The van der Waals surface area contributed by atoms with Crippen molar-refractivity contribution in [3.05, 3.63) is 82.3 Å². The minimum atomic E-state index is -0.409. The first-order chi connectivity index (χ1) is 14.4. The van der Waals surface area contributed by atoms with Crippen LogP contribution in [0.2, 0.25) is 5.02 Å². The lowest BCUT2D eigenvalue weighted by Crippen LogP contribution is -2.13. The third-order valence-electron chi connectivity index (χ3n) is 4.77. The Hall–Kier alpha value is -3.58. The molecule has 7 nitrogen and oxygen atoms in total. The van der Waals surface area contributed by atoms with Crippen molar-refractivity contribution >= 4 is 23.2 Å². The second kappa shape index (κ2) is 8.04. The minimum Gasteiger partial charge on any atom is -0.508 e. The van der Waals surface area contributed by atoms with E-state index in [-0.39, 0.29) is 11.4 Å². The highest BCUT2D eigenvalue weighted by Gasteiger charge is 2.19. The molecule has 0 aliphatic rings. The number of rotatable bonds is 5. The summed E-state index contributed by atoms with van der Waals surface area (Å²) in [4.78, 5) is 12.7. The lowest BCUT2D eigenvalue weighted by molar-refractivity contribution is 0.101. The molecule has 1 amide bonds. The van der Waals surface area contributed by atoms with Gasteiger partial charge in [0.05, 0.1) is 23.6 Å². The lowest BCUT2D eigenvalue weighted by Gasteiger charge is -2.07. The van der Waals surface area contributed by atoms with E-state index < -0.39 is 5.91 Å². The van der Waals surface area contributed by atoms with E-state index in [1.54, 1.807) is 22.9 Å². The van der Waals surface area contributed by atoms with Crippen molar-refractivity contribution in [2.45, 2.75) is 20.4 Å². The fourth-order valence-corrected chi connectivity index (χ4v) is 3.37. The summed E-state index contributed by atoms with van der Waals surface area (Å²) < 4.78 is 7.06. The molecule has 2 N–H and O–H groups in total. The number of hydrogen-bond acceptors (Lipinski definition) is 5. The highest BCUT2D eigenvalue weighted by molar-refractivity contribution is 6.31. The van der Waals surface area contributed by atoms with E-state index in [4.69, 9.17) is 16.1 Å². The number of aromatic nitrogens is 3. The molecule has 0 saturated carbocycles. The molecule has 0 fully saturated rings. The summed E-state index contributed by atoms with van der Waals surface area (Å²) in [6.45, 7) is 4.20. The van der Waals surface area contributed by atoms with Gasteiger partial charge in [-0.2, -0.15) is 5.10 Å². The first-order valence-electron chi connectivity index (χ1n) is 9.27. The molecule has 4 rings (SSSR count). The fourth-order valence-electron chi connectivity index (χ4n) is 3.17. The van der Waals surface area contributed by atoms with Crippen LogP contribution in [-0.4, -0.2) is 26.0 Å². The smallest absolute Gasteiger partial charge is 0.277 e. The van der Waals surface area contributed by atoms with Crippen LogP contribution in [0.5, 0.6) is 5.75 Å². The molecule has 0 atom stereocenters. The van der Waals surface area contributed by atoms with Gasteiger partial charge in [-0.25, -0.2) is 0 Å². The van der Waals surface area contributed by atoms with Crippen LogP contribution in [0, 0.1) is 13.8 Å². The molecule has 30 heavy (non-hydrogen) atoms. The zero-order valence-corrected chi connectivity index (χ0v) is 17.1. The van der Waals surface area contributed by atoms with Crippen LogP contribution in [0.1, 0.15) is 27.4 Å². The van der Waals surface area contributed by atoms with Gasteiger partial charge in [0.25, 0.3) is 5.91 Å². The predicted molar refractivity (Wildman–Crippen MR) is 114 cm³/mol. The summed E-state index contributed by atoms with van der Waals surface area (Å²) in [6, 6.07) is 15.6. The SMILES string of the molecule is Cc1nn(Cc2ccccc2Cl)c(C)c1NC(=O)c1cc(-c2cccc(O)c2)on1. The number of aromatic hydroxyl groups is 1. The van der Waals surface area contributed by atoms with E-state index in [1.807, 2.05) is 38.1 Å². The van der Waals surface area contributed by atoms with E-state index >= 15 is 0 Å². The highest BCUT2D eigenvalue weighted by atomic mass is 35.5. The van der Waals surface area contributed by atoms with Crippen molar-refractivity contribution < 1.29 is 14.4 Å². The van der Waals surface area contributed by atoms with E-state index in [0.717, 1.165) is 11.3 Å². The number of nitrogens with zero attached hydrogens (tertiary/aromatic N) is 3. The molecule has 2 aromatic heterocycles. The van der Waals surface area contributed by atoms with Gasteiger partial charge >= 0.3 is 0 Å². The van der Waals surface area contributed by atoms with Crippen LogP contribution in [0.25, 0.3) is 11.3 Å². The summed E-state index contributed by atoms with van der Waals surface area (Å²) in [5.41, 5.74) is 3.80. The summed E-state index contributed by atoms with van der Waals surface area (Å²) in [5, 5.41) is 21.5. The topological polar surface area (TPSA) is 93.2 Å². The fraction of sp³-hybridized carbons (Fsp3) is 0.136. The number of nitrogens with one attached hydrogen (secondary N) is 1. The normalized spacial score (nSPS) is 10.9. The highest BCUT2D eigenvalue weighted by Crippen LogP contribution is 2.26. The van der Waals surface area contributed by atoms with Crippen molar-refractivity contribution in [3.63, 3.8) is 0 Å². The third-order valence-corrected chi connectivity index (χ3v) is 5.14. The number of carbonyl (C=O) groups is 1. The van der Waals surface area contributed by atoms with Gasteiger partial charge < -0.3 is 14.9 Å². The van der Waals surface area contributed by atoms with Gasteiger partial charge in [-0.15, -0.1) is 0 Å². The first-order valence-corrected chi connectivity index (χ1v) is 9.65. The Morgan fingerprint density at radius 3 is 2.73 bits per heavy atom. The van der Waals surface area contributed by atoms with Gasteiger partial charge in [0.2, 0.25) is 0 Å². The van der Waals surface area contributed by atoms with E-state index in [2.05, 4.69) is 15.6 Å². The van der Waals surface area contributed by atoms with E-state index in [0.29, 0.717) is 34.3 Å². The maximum Gasteiger partial charge on any atom is 0.277 e. The molecule has 8 heteroatoms. The van der Waals surface area contributed by atoms with E-state index in [9.17, 15) is 9.90 Å². The van der Waals surface area contributed by atoms with Gasteiger partial charge in [0.15, 0.2) is 11.5 Å². The number of phenolic OH excluding ortho intramolecular Hbond substituents is 1. The number of carbonyl (C=O) groups excluding carboxylic acids is 1. The predicted octanol–water partition coefficient (Wildman–Crippen LogP) is 4.81. The van der Waals surface area contributed by atoms with Crippen molar-refractivity contribution in [1.82, 2.24) is 14.9 Å². The zero-order chi connectivity index (χ0) is 21.3. The van der Waals surface area contributed by atoms with Crippen molar-refractivity contribution in [3.8, 4) is 17.1 Å². The Balaban J connectivity index is 1.54. The van der Waals surface area contributed by atoms with Crippen LogP contribution in [0.4, 0.5) is 5.69 Å². The molecular weight excluding hydrogens is 404 g/mol. The Kier molecular flexibility index (Phi) is 5.29. The Bertz CT molecular complexity index is 1230. The maximum atomic E-state index is 12.7. The number of anilines is 1. The summed E-state index contributed by atoms with van der Waals surface area (Å²) in [5.74, 6) is 0.0830. The zero-order valence-electron chi connectivity index (χ0n) is 16.4. The minimum absolute atomic E-state index is 0.104. The molecule has 0 aliphatic heterocycles. The largest absolute Gasteiger partial charge is 0.508 e. The lowest BCUT2D eigenvalue weighted by atomic mass is 10.1. The summed E-state index contributed by atoms with van der Waals surface area (Å²) in [6.07, 6.45) is 0. The summed E-state index contributed by atoms with van der Waals surface area (Å²) >= 11 is 6.25. The Labute approximate surface area is 177 Å². The number of hydrogen-bond donors (Lipinski definition) is 2. The molecule has 0 radical (unpaired) electrons.